The maximum Gasteiger partial charge on any atom is 0.158 e. The van der Waals surface area contributed by atoms with E-state index in [1.54, 1.807) is 0 Å². The summed E-state index contributed by atoms with van der Waals surface area (Å²) >= 11 is 0. The van der Waals surface area contributed by atoms with E-state index < -0.39 is 0 Å². The number of nitrogens with two attached hydrogens (primary N) is 1. The molecule has 8 heteroatoms. The lowest BCUT2D eigenvalue weighted by Gasteiger charge is -2.27. The molecule has 0 unspecified atom stereocenters. The van der Waals surface area contributed by atoms with Crippen molar-refractivity contribution in [3.63, 3.8) is 0 Å². The van der Waals surface area contributed by atoms with Gasteiger partial charge in [-0.2, -0.15) is 5.26 Å². The molecule has 1 aromatic heterocycles. The van der Waals surface area contributed by atoms with Crippen molar-refractivity contribution < 1.29 is 5.11 Å². The summed E-state index contributed by atoms with van der Waals surface area (Å²) in [6.45, 7) is 9.85. The molecular formula is C30H43N7O. The maximum atomic E-state index is 9.99. The van der Waals surface area contributed by atoms with Crippen LogP contribution in [0.2, 0.25) is 0 Å². The molecule has 0 spiro atoms. The Morgan fingerprint density at radius 3 is 2.61 bits per heavy atom. The van der Waals surface area contributed by atoms with E-state index in [0.29, 0.717) is 12.1 Å². The lowest BCUT2D eigenvalue weighted by molar-refractivity contribution is 0.190. The average molecular weight is 518 g/mol. The highest BCUT2D eigenvalue weighted by Gasteiger charge is 2.25. The molecule has 1 aromatic carbocycles. The second-order valence-electron chi connectivity index (χ2n) is 9.59. The van der Waals surface area contributed by atoms with Crippen LogP contribution in [0.1, 0.15) is 62.6 Å². The van der Waals surface area contributed by atoms with Gasteiger partial charge in [0.1, 0.15) is 0 Å². The average Bonchev–Trinajstić information content (AvgIpc) is 3.66. The van der Waals surface area contributed by atoms with Gasteiger partial charge in [0.15, 0.2) is 11.6 Å². The van der Waals surface area contributed by atoms with Gasteiger partial charge in [-0.25, -0.2) is 0 Å². The summed E-state index contributed by atoms with van der Waals surface area (Å²) in [7, 11) is 1.50. The summed E-state index contributed by atoms with van der Waals surface area (Å²) in [4.78, 5) is 4.67. The van der Waals surface area contributed by atoms with Crippen molar-refractivity contribution in [2.75, 3.05) is 43.5 Å². The zero-order chi connectivity index (χ0) is 27.5. The van der Waals surface area contributed by atoms with Crippen LogP contribution < -0.4 is 26.4 Å². The van der Waals surface area contributed by atoms with E-state index in [4.69, 9.17) is 0 Å². The van der Waals surface area contributed by atoms with Crippen LogP contribution >= 0.6 is 0 Å². The number of hydrogen-bond acceptors (Lipinski definition) is 8. The molecule has 2 saturated heterocycles. The SMILES string of the molecule is C/C=c1/c(N2CCCC2)nnc(NCc2cccc(C#N)c2C)/c1=C/C(=C/CC)N1CCC[C@@H]1CO.CN. The van der Waals surface area contributed by atoms with Gasteiger partial charge in [0, 0.05) is 42.3 Å². The van der Waals surface area contributed by atoms with Crippen LogP contribution in [-0.2, 0) is 6.54 Å². The van der Waals surface area contributed by atoms with Crippen LogP contribution in [0.15, 0.2) is 30.0 Å². The first kappa shape index (κ1) is 29.2. The molecule has 4 N–H and O–H groups in total. The highest BCUT2D eigenvalue weighted by Crippen LogP contribution is 2.23. The second-order valence-corrected chi connectivity index (χ2v) is 9.59. The molecule has 2 fully saturated rings. The van der Waals surface area contributed by atoms with Crippen LogP contribution in [0.5, 0.6) is 0 Å². The predicted molar refractivity (Wildman–Crippen MR) is 156 cm³/mol. The summed E-state index contributed by atoms with van der Waals surface area (Å²) in [5.74, 6) is 1.67. The van der Waals surface area contributed by atoms with Gasteiger partial charge in [0.2, 0.25) is 0 Å². The van der Waals surface area contributed by atoms with Gasteiger partial charge < -0.3 is 26.0 Å². The first-order valence-electron chi connectivity index (χ1n) is 13.8. The number of benzene rings is 1. The van der Waals surface area contributed by atoms with Gasteiger partial charge in [-0.15, -0.1) is 10.2 Å². The highest BCUT2D eigenvalue weighted by atomic mass is 16.3. The van der Waals surface area contributed by atoms with Crippen LogP contribution in [0, 0.1) is 18.3 Å². The Morgan fingerprint density at radius 1 is 1.18 bits per heavy atom. The quantitative estimate of drug-likeness (QED) is 0.490. The van der Waals surface area contributed by atoms with E-state index in [2.05, 4.69) is 69.2 Å². The third-order valence-corrected chi connectivity index (χ3v) is 7.36. The zero-order valence-corrected chi connectivity index (χ0v) is 23.4. The Hall–Kier alpha value is -3.41. The minimum atomic E-state index is 0.147. The fourth-order valence-electron chi connectivity index (χ4n) is 5.33. The van der Waals surface area contributed by atoms with Crippen molar-refractivity contribution in [1.82, 2.24) is 15.1 Å². The molecule has 0 saturated carbocycles. The minimum Gasteiger partial charge on any atom is -0.394 e. The second kappa shape index (κ2) is 14.5. The Morgan fingerprint density at radius 2 is 1.95 bits per heavy atom. The molecule has 0 aliphatic carbocycles. The van der Waals surface area contributed by atoms with E-state index in [1.807, 2.05) is 25.1 Å². The van der Waals surface area contributed by atoms with Crippen molar-refractivity contribution in [1.29, 1.82) is 5.26 Å². The molecule has 0 amide bonds. The molecule has 204 valence electrons. The van der Waals surface area contributed by atoms with Crippen molar-refractivity contribution >= 4 is 23.8 Å². The monoisotopic (exact) mass is 517 g/mol. The number of nitrogens with zero attached hydrogens (tertiary/aromatic N) is 5. The fourth-order valence-corrected chi connectivity index (χ4v) is 5.33. The maximum absolute atomic E-state index is 9.99. The Labute approximate surface area is 227 Å². The number of aliphatic hydroxyl groups excluding tert-OH is 1. The lowest BCUT2D eigenvalue weighted by Crippen LogP contribution is -2.39. The number of aromatic nitrogens is 2. The molecule has 2 aliphatic rings. The topological polar surface area (TPSA) is 114 Å². The molecule has 2 aromatic rings. The Bertz CT molecular complexity index is 1260. The minimum absolute atomic E-state index is 0.147. The normalized spacial score (nSPS) is 18.4. The molecule has 1 atom stereocenters. The number of likely N-dealkylation sites (tertiary alicyclic amines) is 1. The smallest absolute Gasteiger partial charge is 0.158 e. The molecular weight excluding hydrogens is 474 g/mol. The number of hydrogen-bond donors (Lipinski definition) is 3. The number of nitrogens with one attached hydrogen (secondary N) is 1. The summed E-state index contributed by atoms with van der Waals surface area (Å²) in [5, 5.41) is 34.4. The van der Waals surface area contributed by atoms with Crippen molar-refractivity contribution in [3.8, 4) is 6.07 Å². The summed E-state index contributed by atoms with van der Waals surface area (Å²) < 4.78 is 0. The molecule has 4 rings (SSSR count). The van der Waals surface area contributed by atoms with Crippen LogP contribution in [0.4, 0.5) is 11.6 Å². The van der Waals surface area contributed by atoms with Gasteiger partial charge in [-0.05, 0) is 76.3 Å². The Balaban J connectivity index is 0.00000195. The molecule has 0 bridgehead atoms. The molecule has 3 heterocycles. The zero-order valence-electron chi connectivity index (χ0n) is 23.4. The fraction of sp³-hybridized carbons (Fsp3) is 0.500. The number of rotatable bonds is 8. The van der Waals surface area contributed by atoms with Crippen molar-refractivity contribution in [3.05, 3.63) is 57.1 Å². The number of allylic oxidation sites excluding steroid dienone is 2. The first-order valence-corrected chi connectivity index (χ1v) is 13.8. The summed E-state index contributed by atoms with van der Waals surface area (Å²) in [6, 6.07) is 8.24. The largest absolute Gasteiger partial charge is 0.394 e. The number of anilines is 2. The molecule has 38 heavy (non-hydrogen) atoms. The first-order chi connectivity index (χ1) is 18.6. The molecule has 0 radical (unpaired) electrons. The van der Waals surface area contributed by atoms with E-state index in [0.717, 1.165) is 77.8 Å². The van der Waals surface area contributed by atoms with Gasteiger partial charge >= 0.3 is 0 Å². The van der Waals surface area contributed by atoms with E-state index in [9.17, 15) is 10.4 Å². The lowest BCUT2D eigenvalue weighted by atomic mass is 10.0. The van der Waals surface area contributed by atoms with Gasteiger partial charge in [0.05, 0.1) is 24.3 Å². The van der Waals surface area contributed by atoms with Gasteiger partial charge in [0.25, 0.3) is 0 Å². The Kier molecular flexibility index (Phi) is 11.1. The van der Waals surface area contributed by atoms with Gasteiger partial charge in [-0.3, -0.25) is 0 Å². The third-order valence-electron chi connectivity index (χ3n) is 7.36. The van der Waals surface area contributed by atoms with E-state index >= 15 is 0 Å². The van der Waals surface area contributed by atoms with Crippen molar-refractivity contribution in [2.24, 2.45) is 5.73 Å². The van der Waals surface area contributed by atoms with Crippen LogP contribution in [0.3, 0.4) is 0 Å². The highest BCUT2D eigenvalue weighted by molar-refractivity contribution is 5.59. The van der Waals surface area contributed by atoms with E-state index in [-0.39, 0.29) is 12.6 Å². The van der Waals surface area contributed by atoms with Gasteiger partial charge in [-0.1, -0.05) is 31.2 Å². The number of aliphatic hydroxyl groups is 1. The van der Waals surface area contributed by atoms with Crippen LogP contribution in [0.25, 0.3) is 12.2 Å². The standard InChI is InChI=1S/C29H38N6O.CH5N/c1-4-10-24(35-16-9-13-25(35)20-36)17-27-26(5-2)29(34-14-6-7-15-34)33-32-28(27)31-19-23-12-8-11-22(18-30)21(23)3;1-2/h5,8,10-12,17,25,36H,4,6-7,9,13-16,19-20H2,1-3H3,(H,31,32);2H2,1H3/b24-10-,26-5+,27-17+;/t25-;/m1./s1. The van der Waals surface area contributed by atoms with Crippen LogP contribution in [-0.4, -0.2) is 59.5 Å². The summed E-state index contributed by atoms with van der Waals surface area (Å²) in [5.41, 5.74) is 8.37. The molecule has 2 aliphatic heterocycles. The number of nitriles is 1. The predicted octanol–water partition coefficient (Wildman–Crippen LogP) is 2.78. The summed E-state index contributed by atoms with van der Waals surface area (Å²) in [6.07, 6.45) is 11.9. The molecule has 8 nitrogen and oxygen atoms in total. The van der Waals surface area contributed by atoms with E-state index in [1.165, 1.54) is 19.9 Å². The third kappa shape index (κ3) is 6.53. The van der Waals surface area contributed by atoms with Crippen molar-refractivity contribution in [2.45, 2.75) is 65.5 Å².